The van der Waals surface area contributed by atoms with Crippen molar-refractivity contribution < 1.29 is 17.9 Å². The number of rotatable bonds is 9. The first-order valence-corrected chi connectivity index (χ1v) is 13.5. The van der Waals surface area contributed by atoms with Crippen molar-refractivity contribution in [3.05, 3.63) is 102 Å². The van der Waals surface area contributed by atoms with E-state index in [1.807, 2.05) is 31.2 Å². The molecule has 0 bridgehead atoms. The lowest BCUT2D eigenvalue weighted by molar-refractivity contribution is 0.0942. The maximum absolute atomic E-state index is 12.8. The molecule has 37 heavy (non-hydrogen) atoms. The van der Waals surface area contributed by atoms with Gasteiger partial charge in [-0.3, -0.25) is 15.6 Å². The number of morpholine rings is 1. The number of carbonyl (C=O) groups excluding carboxylic acids is 1. The molecule has 1 amide bonds. The number of hydrazine groups is 1. The maximum atomic E-state index is 12.8. The van der Waals surface area contributed by atoms with Crippen molar-refractivity contribution in [2.75, 3.05) is 38.3 Å². The molecule has 0 unspecified atom stereocenters. The molecular formula is C28H32N4O4S. The summed E-state index contributed by atoms with van der Waals surface area (Å²) in [5.74, 6) is -0.321. The van der Waals surface area contributed by atoms with Crippen LogP contribution in [0.15, 0.2) is 84.3 Å². The van der Waals surface area contributed by atoms with Crippen LogP contribution in [0, 0.1) is 6.92 Å². The van der Waals surface area contributed by atoms with E-state index in [0.29, 0.717) is 11.3 Å². The van der Waals surface area contributed by atoms with Gasteiger partial charge in [-0.2, -0.15) is 4.31 Å². The van der Waals surface area contributed by atoms with Crippen LogP contribution in [0.1, 0.15) is 27.0 Å². The van der Waals surface area contributed by atoms with Gasteiger partial charge in [0.15, 0.2) is 0 Å². The van der Waals surface area contributed by atoms with Gasteiger partial charge in [0.1, 0.15) is 0 Å². The van der Waals surface area contributed by atoms with Crippen molar-refractivity contribution in [2.45, 2.75) is 18.4 Å². The Kier molecular flexibility index (Phi) is 8.27. The second-order valence-corrected chi connectivity index (χ2v) is 11.0. The first kappa shape index (κ1) is 26.4. The zero-order valence-corrected chi connectivity index (χ0v) is 21.9. The summed E-state index contributed by atoms with van der Waals surface area (Å²) in [5.41, 5.74) is 10.3. The molecule has 1 saturated heterocycles. The highest BCUT2D eigenvalue weighted by Gasteiger charge is 2.21. The summed E-state index contributed by atoms with van der Waals surface area (Å²) in [7, 11) is -2.07. The Balaban J connectivity index is 1.30. The van der Waals surface area contributed by atoms with Gasteiger partial charge in [0.25, 0.3) is 5.91 Å². The Morgan fingerprint density at radius 1 is 0.919 bits per heavy atom. The highest BCUT2D eigenvalue weighted by molar-refractivity contribution is 7.89. The van der Waals surface area contributed by atoms with Gasteiger partial charge in [0, 0.05) is 37.9 Å². The molecule has 2 N–H and O–H groups in total. The van der Waals surface area contributed by atoms with Crippen LogP contribution in [-0.2, 0) is 21.3 Å². The second kappa shape index (κ2) is 11.6. The van der Waals surface area contributed by atoms with Crippen LogP contribution in [0.5, 0.6) is 0 Å². The monoisotopic (exact) mass is 520 g/mol. The van der Waals surface area contributed by atoms with Gasteiger partial charge >= 0.3 is 0 Å². The van der Waals surface area contributed by atoms with Gasteiger partial charge < -0.3 is 9.64 Å². The van der Waals surface area contributed by atoms with E-state index >= 15 is 0 Å². The summed E-state index contributed by atoms with van der Waals surface area (Å²) < 4.78 is 32.3. The van der Waals surface area contributed by atoms with Crippen LogP contribution in [-0.4, -0.2) is 52.0 Å². The molecule has 9 heteroatoms. The van der Waals surface area contributed by atoms with E-state index in [-0.39, 0.29) is 17.3 Å². The third-order valence-corrected chi connectivity index (χ3v) is 8.09. The molecule has 3 aromatic rings. The number of ether oxygens (including phenoxy) is 1. The molecule has 1 heterocycles. The third-order valence-electron chi connectivity index (χ3n) is 6.27. The van der Waals surface area contributed by atoms with Gasteiger partial charge in [-0.15, -0.1) is 0 Å². The highest BCUT2D eigenvalue weighted by atomic mass is 32.2. The SMILES string of the molecule is C=C(NNC(=O)c1ccc(CN(C)S(=O)(=O)c2ccc(C)cc2)cc1)c1ccc(N2CCOCC2)cc1. The number of hydrogen-bond acceptors (Lipinski definition) is 6. The van der Waals surface area contributed by atoms with E-state index in [1.54, 1.807) is 55.6 Å². The molecule has 8 nitrogen and oxygen atoms in total. The van der Waals surface area contributed by atoms with Gasteiger partial charge in [0.05, 0.1) is 23.8 Å². The minimum atomic E-state index is -3.61. The second-order valence-electron chi connectivity index (χ2n) is 8.98. The van der Waals surface area contributed by atoms with Crippen molar-refractivity contribution in [1.82, 2.24) is 15.2 Å². The van der Waals surface area contributed by atoms with Crippen molar-refractivity contribution in [3.8, 4) is 0 Å². The average molecular weight is 521 g/mol. The predicted octanol–water partition coefficient (Wildman–Crippen LogP) is 3.56. The molecule has 0 spiro atoms. The average Bonchev–Trinajstić information content (AvgIpc) is 2.92. The largest absolute Gasteiger partial charge is 0.378 e. The lowest BCUT2D eigenvalue weighted by Gasteiger charge is -2.29. The first-order chi connectivity index (χ1) is 17.7. The molecule has 1 aliphatic heterocycles. The normalized spacial score (nSPS) is 13.9. The van der Waals surface area contributed by atoms with E-state index in [0.717, 1.165) is 48.7 Å². The summed E-state index contributed by atoms with van der Waals surface area (Å²) in [6.45, 7) is 9.30. The molecule has 0 radical (unpaired) electrons. The number of hydrogen-bond donors (Lipinski definition) is 2. The summed E-state index contributed by atoms with van der Waals surface area (Å²) >= 11 is 0. The number of benzene rings is 3. The number of aryl methyl sites for hydroxylation is 1. The zero-order valence-electron chi connectivity index (χ0n) is 21.1. The van der Waals surface area contributed by atoms with Crippen LogP contribution in [0.2, 0.25) is 0 Å². The van der Waals surface area contributed by atoms with E-state index in [9.17, 15) is 13.2 Å². The molecule has 194 valence electrons. The number of amides is 1. The summed E-state index contributed by atoms with van der Waals surface area (Å²) in [5, 5.41) is 0. The van der Waals surface area contributed by atoms with E-state index in [1.165, 1.54) is 4.31 Å². The van der Waals surface area contributed by atoms with E-state index in [4.69, 9.17) is 4.74 Å². The number of nitrogens with zero attached hydrogens (tertiary/aromatic N) is 2. The number of sulfonamides is 1. The molecule has 4 rings (SSSR count). The third kappa shape index (κ3) is 6.56. The Hall–Kier alpha value is -3.66. The van der Waals surface area contributed by atoms with Crippen molar-refractivity contribution in [2.24, 2.45) is 0 Å². The lowest BCUT2D eigenvalue weighted by atomic mass is 10.1. The van der Waals surface area contributed by atoms with Crippen molar-refractivity contribution in [1.29, 1.82) is 0 Å². The van der Waals surface area contributed by atoms with E-state index in [2.05, 4.69) is 22.3 Å². The van der Waals surface area contributed by atoms with Gasteiger partial charge in [-0.1, -0.05) is 48.5 Å². The molecule has 0 aliphatic carbocycles. The molecule has 0 aromatic heterocycles. The number of anilines is 1. The van der Waals surface area contributed by atoms with Gasteiger partial charge in [-0.05, 0) is 54.4 Å². The Labute approximate surface area is 218 Å². The molecule has 3 aromatic carbocycles. The first-order valence-electron chi connectivity index (χ1n) is 12.0. The zero-order chi connectivity index (χ0) is 26.4. The maximum Gasteiger partial charge on any atom is 0.269 e. The van der Waals surface area contributed by atoms with Crippen molar-refractivity contribution in [3.63, 3.8) is 0 Å². The summed E-state index contributed by atoms with van der Waals surface area (Å²) in [6.07, 6.45) is 0. The number of carbonyl (C=O) groups is 1. The van der Waals surface area contributed by atoms with Gasteiger partial charge in [0.2, 0.25) is 10.0 Å². The number of nitrogens with one attached hydrogen (secondary N) is 2. The van der Waals surface area contributed by atoms with Crippen LogP contribution in [0.3, 0.4) is 0 Å². The van der Waals surface area contributed by atoms with Crippen LogP contribution < -0.4 is 15.8 Å². The Morgan fingerprint density at radius 3 is 2.14 bits per heavy atom. The summed E-state index contributed by atoms with van der Waals surface area (Å²) in [6, 6.07) is 21.6. The quantitative estimate of drug-likeness (QED) is 0.420. The van der Waals surface area contributed by atoms with Gasteiger partial charge in [-0.25, -0.2) is 8.42 Å². The standard InChI is InChI=1S/C28H32N4O4S/c1-21-4-14-27(15-5-21)37(34,35)31(3)20-23-6-8-25(9-7-23)28(33)30-29-22(2)24-10-12-26(13-11-24)32-16-18-36-19-17-32/h4-15,29H,2,16-20H2,1,3H3,(H,30,33). The topological polar surface area (TPSA) is 91.0 Å². The fraction of sp³-hybridized carbons (Fsp3) is 0.250. The molecule has 1 aliphatic rings. The predicted molar refractivity (Wildman–Crippen MR) is 145 cm³/mol. The van der Waals surface area contributed by atoms with E-state index < -0.39 is 10.0 Å². The fourth-order valence-corrected chi connectivity index (χ4v) is 5.12. The molecule has 1 fully saturated rings. The Morgan fingerprint density at radius 2 is 1.51 bits per heavy atom. The molecular weight excluding hydrogens is 488 g/mol. The molecule has 0 saturated carbocycles. The highest BCUT2D eigenvalue weighted by Crippen LogP contribution is 2.20. The Bertz CT molecular complexity index is 1330. The van der Waals surface area contributed by atoms with Crippen LogP contribution >= 0.6 is 0 Å². The lowest BCUT2D eigenvalue weighted by Crippen LogP contribution is -2.36. The summed E-state index contributed by atoms with van der Waals surface area (Å²) in [4.78, 5) is 15.1. The fourth-order valence-electron chi connectivity index (χ4n) is 3.97. The smallest absolute Gasteiger partial charge is 0.269 e. The minimum absolute atomic E-state index is 0.188. The molecule has 0 atom stereocenters. The minimum Gasteiger partial charge on any atom is -0.378 e. The van der Waals surface area contributed by atoms with Crippen molar-refractivity contribution >= 4 is 27.3 Å². The van der Waals surface area contributed by atoms with Crippen LogP contribution in [0.25, 0.3) is 5.70 Å². The van der Waals surface area contributed by atoms with Crippen LogP contribution in [0.4, 0.5) is 5.69 Å².